The molecule has 3 heterocycles. The average Bonchev–Trinajstić information content (AvgIpc) is 3.30. The molecule has 21 heavy (non-hydrogen) atoms. The highest BCUT2D eigenvalue weighted by molar-refractivity contribution is 7.18. The van der Waals surface area contributed by atoms with Crippen LogP contribution in [0.1, 0.15) is 31.2 Å². The van der Waals surface area contributed by atoms with Gasteiger partial charge in [-0.1, -0.05) is 0 Å². The van der Waals surface area contributed by atoms with Crippen molar-refractivity contribution in [2.75, 3.05) is 24.5 Å². The molecule has 5 heteroatoms. The Hall–Kier alpha value is -1.20. The number of piperidine rings is 1. The number of rotatable bonds is 4. The molecule has 112 valence electrons. The number of aromatic nitrogens is 2. The van der Waals surface area contributed by atoms with Gasteiger partial charge in [0.25, 0.3) is 0 Å². The van der Waals surface area contributed by atoms with Crippen molar-refractivity contribution in [3.8, 4) is 0 Å². The molecule has 4 nitrogen and oxygen atoms in total. The van der Waals surface area contributed by atoms with E-state index in [2.05, 4.69) is 32.5 Å². The van der Waals surface area contributed by atoms with Crippen molar-refractivity contribution < 1.29 is 0 Å². The second-order valence-corrected chi connectivity index (χ2v) is 7.25. The molecule has 0 spiro atoms. The summed E-state index contributed by atoms with van der Waals surface area (Å²) in [5, 5.41) is 5.67. The van der Waals surface area contributed by atoms with Gasteiger partial charge < -0.3 is 10.2 Å². The fraction of sp³-hybridized carbons (Fsp3) is 0.625. The van der Waals surface area contributed by atoms with Gasteiger partial charge in [0.05, 0.1) is 10.2 Å². The first-order chi connectivity index (χ1) is 10.3. The lowest BCUT2D eigenvalue weighted by molar-refractivity contribution is 0.372. The number of anilines is 1. The number of thiophene rings is 1. The van der Waals surface area contributed by atoms with Crippen LogP contribution in [0.25, 0.3) is 10.2 Å². The number of fused-ring (bicyclic) bond motifs is 1. The maximum Gasteiger partial charge on any atom is 0.150 e. The van der Waals surface area contributed by atoms with Crippen LogP contribution in [-0.4, -0.2) is 35.6 Å². The molecule has 2 aromatic rings. The fourth-order valence-electron chi connectivity index (χ4n) is 3.30. The van der Waals surface area contributed by atoms with Crippen molar-refractivity contribution in [3.63, 3.8) is 0 Å². The summed E-state index contributed by atoms with van der Waals surface area (Å²) >= 11 is 1.80. The van der Waals surface area contributed by atoms with Crippen LogP contribution >= 0.6 is 11.3 Å². The zero-order valence-electron chi connectivity index (χ0n) is 12.5. The first-order valence-electron chi connectivity index (χ1n) is 7.99. The lowest BCUT2D eigenvalue weighted by Crippen LogP contribution is -2.37. The van der Waals surface area contributed by atoms with E-state index in [1.165, 1.54) is 54.9 Å². The molecule has 1 aliphatic heterocycles. The highest BCUT2D eigenvalue weighted by Crippen LogP contribution is 2.38. The third kappa shape index (κ3) is 2.64. The number of nitrogens with zero attached hydrogens (tertiary/aromatic N) is 3. The SMILES string of the molecule is Cc1csc2c(N(CC3CCNCC3)C3CC3)ncnc12. The molecule has 0 atom stereocenters. The van der Waals surface area contributed by atoms with Crippen molar-refractivity contribution in [2.24, 2.45) is 5.92 Å². The monoisotopic (exact) mass is 302 g/mol. The van der Waals surface area contributed by atoms with Gasteiger partial charge in [-0.05, 0) is 62.6 Å². The van der Waals surface area contributed by atoms with Gasteiger partial charge in [0.15, 0.2) is 0 Å². The summed E-state index contributed by atoms with van der Waals surface area (Å²) in [6, 6.07) is 0.709. The van der Waals surface area contributed by atoms with Gasteiger partial charge in [0, 0.05) is 12.6 Å². The summed E-state index contributed by atoms with van der Waals surface area (Å²) in [4.78, 5) is 11.7. The summed E-state index contributed by atoms with van der Waals surface area (Å²) in [5.41, 5.74) is 2.41. The molecular formula is C16H22N4S. The Morgan fingerprint density at radius 3 is 2.81 bits per heavy atom. The van der Waals surface area contributed by atoms with Crippen LogP contribution in [-0.2, 0) is 0 Å². The van der Waals surface area contributed by atoms with Crippen molar-refractivity contribution >= 4 is 27.4 Å². The van der Waals surface area contributed by atoms with Gasteiger partial charge in [-0.15, -0.1) is 11.3 Å². The maximum absolute atomic E-state index is 4.66. The number of aryl methyl sites for hydroxylation is 1. The Morgan fingerprint density at radius 1 is 1.24 bits per heavy atom. The predicted octanol–water partition coefficient (Wildman–Crippen LogP) is 2.97. The quantitative estimate of drug-likeness (QED) is 0.943. The Labute approximate surface area is 129 Å². The summed E-state index contributed by atoms with van der Waals surface area (Å²) in [6.45, 7) is 5.64. The molecule has 2 aliphatic rings. The van der Waals surface area contributed by atoms with E-state index < -0.39 is 0 Å². The molecule has 1 N–H and O–H groups in total. The second kappa shape index (κ2) is 5.54. The largest absolute Gasteiger partial charge is 0.352 e. The van der Waals surface area contributed by atoms with Crippen molar-refractivity contribution in [3.05, 3.63) is 17.3 Å². The van der Waals surface area contributed by atoms with E-state index >= 15 is 0 Å². The number of hydrogen-bond donors (Lipinski definition) is 1. The topological polar surface area (TPSA) is 41.0 Å². The van der Waals surface area contributed by atoms with Gasteiger partial charge >= 0.3 is 0 Å². The zero-order chi connectivity index (χ0) is 14.2. The lowest BCUT2D eigenvalue weighted by Gasteiger charge is -2.31. The molecule has 2 fully saturated rings. The summed E-state index contributed by atoms with van der Waals surface area (Å²) in [5.74, 6) is 1.98. The highest BCUT2D eigenvalue weighted by Gasteiger charge is 2.33. The van der Waals surface area contributed by atoms with Crippen LogP contribution in [0.2, 0.25) is 0 Å². The number of hydrogen-bond acceptors (Lipinski definition) is 5. The minimum atomic E-state index is 0.709. The predicted molar refractivity (Wildman–Crippen MR) is 88.1 cm³/mol. The smallest absolute Gasteiger partial charge is 0.150 e. The summed E-state index contributed by atoms with van der Waals surface area (Å²) in [6.07, 6.45) is 6.97. The average molecular weight is 302 g/mol. The first-order valence-corrected chi connectivity index (χ1v) is 8.87. The molecule has 0 bridgehead atoms. The van der Waals surface area contributed by atoms with E-state index in [4.69, 9.17) is 0 Å². The minimum absolute atomic E-state index is 0.709. The minimum Gasteiger partial charge on any atom is -0.352 e. The van der Waals surface area contributed by atoms with Gasteiger partial charge in [0.1, 0.15) is 12.1 Å². The second-order valence-electron chi connectivity index (χ2n) is 6.37. The van der Waals surface area contributed by atoms with Crippen molar-refractivity contribution in [1.82, 2.24) is 15.3 Å². The van der Waals surface area contributed by atoms with E-state index in [1.54, 1.807) is 17.7 Å². The standard InChI is InChI=1S/C16H22N4S/c1-11-9-21-15-14(11)18-10-19-16(15)20(13-2-3-13)8-12-4-6-17-7-5-12/h9-10,12-13,17H,2-8H2,1H3. The number of nitrogens with one attached hydrogen (secondary N) is 1. The van der Waals surface area contributed by atoms with E-state index in [0.29, 0.717) is 6.04 Å². The van der Waals surface area contributed by atoms with Gasteiger partial charge in [-0.25, -0.2) is 9.97 Å². The Bertz CT molecular complexity index is 628. The van der Waals surface area contributed by atoms with Crippen LogP contribution in [0, 0.1) is 12.8 Å². The van der Waals surface area contributed by atoms with E-state index in [-0.39, 0.29) is 0 Å². The third-order valence-corrected chi connectivity index (χ3v) is 5.77. The first kappa shape index (κ1) is 13.5. The highest BCUT2D eigenvalue weighted by atomic mass is 32.1. The van der Waals surface area contributed by atoms with E-state index in [1.807, 2.05) is 0 Å². The van der Waals surface area contributed by atoms with Crippen molar-refractivity contribution in [1.29, 1.82) is 0 Å². The lowest BCUT2D eigenvalue weighted by atomic mass is 9.97. The molecule has 0 amide bonds. The Kier molecular flexibility index (Phi) is 3.55. The normalized spacial score (nSPS) is 20.0. The van der Waals surface area contributed by atoms with Crippen LogP contribution < -0.4 is 10.2 Å². The summed E-state index contributed by atoms with van der Waals surface area (Å²) in [7, 11) is 0. The Morgan fingerprint density at radius 2 is 2.05 bits per heavy atom. The Balaban J connectivity index is 1.65. The van der Waals surface area contributed by atoms with E-state index in [0.717, 1.165) is 18.0 Å². The third-order valence-electron chi connectivity index (χ3n) is 4.69. The van der Waals surface area contributed by atoms with Crippen LogP contribution in [0.4, 0.5) is 5.82 Å². The van der Waals surface area contributed by atoms with Crippen LogP contribution in [0.15, 0.2) is 11.7 Å². The molecule has 0 aromatic carbocycles. The molecule has 0 unspecified atom stereocenters. The fourth-order valence-corrected chi connectivity index (χ4v) is 4.31. The molecule has 0 radical (unpaired) electrons. The van der Waals surface area contributed by atoms with E-state index in [9.17, 15) is 0 Å². The maximum atomic E-state index is 4.66. The van der Waals surface area contributed by atoms with Gasteiger partial charge in [-0.3, -0.25) is 0 Å². The molecule has 4 rings (SSSR count). The molecule has 1 saturated heterocycles. The summed E-state index contributed by atoms with van der Waals surface area (Å²) < 4.78 is 1.27. The molecule has 1 aliphatic carbocycles. The zero-order valence-corrected chi connectivity index (χ0v) is 13.3. The van der Waals surface area contributed by atoms with Crippen molar-refractivity contribution in [2.45, 2.75) is 38.6 Å². The van der Waals surface area contributed by atoms with Gasteiger partial charge in [-0.2, -0.15) is 0 Å². The molecule has 1 saturated carbocycles. The van der Waals surface area contributed by atoms with Crippen LogP contribution in [0.3, 0.4) is 0 Å². The van der Waals surface area contributed by atoms with Crippen LogP contribution in [0.5, 0.6) is 0 Å². The molecular weight excluding hydrogens is 280 g/mol. The van der Waals surface area contributed by atoms with Gasteiger partial charge in [0.2, 0.25) is 0 Å². The molecule has 2 aromatic heterocycles.